The van der Waals surface area contributed by atoms with Gasteiger partial charge in [0.1, 0.15) is 5.69 Å². The second kappa shape index (κ2) is 5.71. The number of carbonyl (C=O) groups excluding carboxylic acids is 1. The number of amides is 1. The van der Waals surface area contributed by atoms with Crippen molar-refractivity contribution in [1.29, 1.82) is 0 Å². The molecule has 1 heterocycles. The maximum atomic E-state index is 11.4. The first-order chi connectivity index (χ1) is 10.1. The normalized spacial score (nSPS) is 17.6. The number of fused-ring (bicyclic) bond motifs is 1. The van der Waals surface area contributed by atoms with Gasteiger partial charge in [-0.25, -0.2) is 0 Å². The Balaban J connectivity index is 1.77. The van der Waals surface area contributed by atoms with Crippen molar-refractivity contribution in [3.63, 3.8) is 0 Å². The maximum absolute atomic E-state index is 11.4. The molecule has 6 nitrogen and oxygen atoms in total. The molecule has 0 bridgehead atoms. The van der Waals surface area contributed by atoms with E-state index in [1.165, 1.54) is 19.3 Å². The van der Waals surface area contributed by atoms with E-state index in [4.69, 9.17) is 0 Å². The molecule has 1 aliphatic carbocycles. The Kier molecular flexibility index (Phi) is 3.77. The Morgan fingerprint density at radius 3 is 2.81 bits per heavy atom. The summed E-state index contributed by atoms with van der Waals surface area (Å²) in [5.41, 5.74) is 2.13. The van der Waals surface area contributed by atoms with Gasteiger partial charge in [0.15, 0.2) is 0 Å². The van der Waals surface area contributed by atoms with Gasteiger partial charge in [0.25, 0.3) is 5.69 Å². The monoisotopic (exact) mass is 289 g/mol. The second-order valence-corrected chi connectivity index (χ2v) is 5.84. The topological polar surface area (TPSA) is 84.3 Å². The van der Waals surface area contributed by atoms with Gasteiger partial charge in [-0.2, -0.15) is 0 Å². The zero-order valence-corrected chi connectivity index (χ0v) is 11.9. The van der Waals surface area contributed by atoms with E-state index < -0.39 is 0 Å². The average molecular weight is 289 g/mol. The van der Waals surface area contributed by atoms with Gasteiger partial charge >= 0.3 is 0 Å². The summed E-state index contributed by atoms with van der Waals surface area (Å²) in [5, 5.41) is 17.2. The van der Waals surface area contributed by atoms with Crippen molar-refractivity contribution >= 4 is 23.0 Å². The van der Waals surface area contributed by atoms with Crippen molar-refractivity contribution < 1.29 is 9.72 Å². The van der Waals surface area contributed by atoms with Gasteiger partial charge in [0.05, 0.1) is 4.92 Å². The van der Waals surface area contributed by atoms with E-state index in [9.17, 15) is 14.9 Å². The Bertz CT molecular complexity index is 582. The third-order valence-corrected chi connectivity index (χ3v) is 4.41. The lowest BCUT2D eigenvalue weighted by atomic mass is 9.83. The lowest BCUT2D eigenvalue weighted by Gasteiger charge is -2.25. The van der Waals surface area contributed by atoms with E-state index in [2.05, 4.69) is 10.6 Å². The van der Waals surface area contributed by atoms with E-state index in [1.54, 1.807) is 12.1 Å². The molecule has 2 N–H and O–H groups in total. The fourth-order valence-electron chi connectivity index (χ4n) is 2.90. The van der Waals surface area contributed by atoms with Crippen LogP contribution in [0.5, 0.6) is 0 Å². The number of nitro groups is 1. The molecular formula is C15H19N3O3. The molecule has 1 fully saturated rings. The van der Waals surface area contributed by atoms with Gasteiger partial charge in [-0.15, -0.1) is 0 Å². The van der Waals surface area contributed by atoms with Crippen LogP contribution in [0, 0.1) is 16.0 Å². The number of nitrogens with one attached hydrogen (secondary N) is 2. The largest absolute Gasteiger partial charge is 0.379 e. The van der Waals surface area contributed by atoms with Gasteiger partial charge in [-0.3, -0.25) is 14.9 Å². The zero-order chi connectivity index (χ0) is 14.8. The Labute approximate surface area is 123 Å². The van der Waals surface area contributed by atoms with Crippen molar-refractivity contribution in [2.24, 2.45) is 5.92 Å². The van der Waals surface area contributed by atoms with Gasteiger partial charge in [0.2, 0.25) is 5.91 Å². The fraction of sp³-hybridized carbons (Fsp3) is 0.533. The molecular weight excluding hydrogens is 270 g/mol. The molecule has 0 atom stereocenters. The van der Waals surface area contributed by atoms with Gasteiger partial charge in [-0.1, -0.05) is 19.3 Å². The smallest absolute Gasteiger partial charge is 0.292 e. The van der Waals surface area contributed by atoms with Crippen LogP contribution in [0.4, 0.5) is 17.1 Å². The average Bonchev–Trinajstić information content (AvgIpc) is 2.40. The highest BCUT2D eigenvalue weighted by molar-refractivity contribution is 5.95. The third kappa shape index (κ3) is 2.99. The van der Waals surface area contributed by atoms with Crippen LogP contribution >= 0.6 is 0 Å². The summed E-state index contributed by atoms with van der Waals surface area (Å²) in [5.74, 6) is 0.727. The molecule has 0 spiro atoms. The van der Waals surface area contributed by atoms with E-state index in [0.717, 1.165) is 24.4 Å². The summed E-state index contributed by atoms with van der Waals surface area (Å²) in [7, 11) is 0. The molecule has 2 aliphatic rings. The second-order valence-electron chi connectivity index (χ2n) is 5.84. The van der Waals surface area contributed by atoms with Gasteiger partial charge in [-0.05, 0) is 30.4 Å². The van der Waals surface area contributed by atoms with Crippen molar-refractivity contribution in [2.45, 2.75) is 38.5 Å². The molecule has 1 aromatic rings. The highest BCUT2D eigenvalue weighted by Crippen LogP contribution is 2.35. The summed E-state index contributed by atoms with van der Waals surface area (Å²) in [4.78, 5) is 22.3. The molecule has 0 saturated heterocycles. The van der Waals surface area contributed by atoms with Crippen molar-refractivity contribution in [2.75, 3.05) is 17.2 Å². The van der Waals surface area contributed by atoms with Crippen LogP contribution in [-0.4, -0.2) is 17.4 Å². The molecule has 0 unspecified atom stereocenters. The van der Waals surface area contributed by atoms with Crippen LogP contribution in [-0.2, 0) is 11.2 Å². The molecule has 0 aromatic heterocycles. The Hall–Kier alpha value is -2.11. The van der Waals surface area contributed by atoms with Crippen LogP contribution in [0.3, 0.4) is 0 Å². The number of hydrogen-bond donors (Lipinski definition) is 2. The lowest BCUT2D eigenvalue weighted by molar-refractivity contribution is -0.384. The molecule has 0 radical (unpaired) electrons. The Morgan fingerprint density at radius 1 is 1.33 bits per heavy atom. The van der Waals surface area contributed by atoms with Crippen molar-refractivity contribution in [1.82, 2.24) is 0 Å². The molecule has 6 heteroatoms. The maximum Gasteiger partial charge on any atom is 0.292 e. The van der Waals surface area contributed by atoms with E-state index in [1.807, 2.05) is 0 Å². The van der Waals surface area contributed by atoms with Crippen LogP contribution in [0.15, 0.2) is 12.1 Å². The van der Waals surface area contributed by atoms with E-state index in [-0.39, 0.29) is 16.5 Å². The predicted molar refractivity (Wildman–Crippen MR) is 80.5 cm³/mol. The summed E-state index contributed by atoms with van der Waals surface area (Å²) in [6.07, 6.45) is 5.83. The lowest BCUT2D eigenvalue weighted by Crippen LogP contribution is -2.20. The third-order valence-electron chi connectivity index (χ3n) is 4.41. The minimum absolute atomic E-state index is 0.0308. The zero-order valence-electron chi connectivity index (χ0n) is 11.9. The number of benzene rings is 1. The fourth-order valence-corrected chi connectivity index (χ4v) is 2.90. The molecule has 112 valence electrons. The standard InChI is InChI=1S/C15H19N3O3/c19-15-5-4-11-8-14(18(20)21)13(9-12(11)17-15)16-7-6-10-2-1-3-10/h8-10,16H,1-7H2,(H,17,19). The van der Waals surface area contributed by atoms with Crippen LogP contribution in [0.25, 0.3) is 0 Å². The first-order valence-corrected chi connectivity index (χ1v) is 7.48. The minimum atomic E-state index is -0.359. The first-order valence-electron chi connectivity index (χ1n) is 7.48. The number of nitro benzene ring substituents is 1. The van der Waals surface area contributed by atoms with Crippen molar-refractivity contribution in [3.05, 3.63) is 27.8 Å². The number of aryl methyl sites for hydroxylation is 1. The van der Waals surface area contributed by atoms with Crippen LogP contribution in [0.2, 0.25) is 0 Å². The predicted octanol–water partition coefficient (Wildman–Crippen LogP) is 3.08. The summed E-state index contributed by atoms with van der Waals surface area (Å²) in [6.45, 7) is 0.734. The van der Waals surface area contributed by atoms with E-state index in [0.29, 0.717) is 24.2 Å². The number of rotatable bonds is 5. The quantitative estimate of drug-likeness (QED) is 0.644. The Morgan fingerprint density at radius 2 is 2.14 bits per heavy atom. The molecule has 21 heavy (non-hydrogen) atoms. The number of nitrogens with zero attached hydrogens (tertiary/aromatic N) is 1. The minimum Gasteiger partial charge on any atom is -0.379 e. The number of anilines is 2. The summed E-state index contributed by atoms with van der Waals surface area (Å²) >= 11 is 0. The molecule has 3 rings (SSSR count). The van der Waals surface area contributed by atoms with Crippen molar-refractivity contribution in [3.8, 4) is 0 Å². The van der Waals surface area contributed by atoms with Crippen LogP contribution < -0.4 is 10.6 Å². The van der Waals surface area contributed by atoms with Gasteiger partial charge in [0, 0.05) is 24.7 Å². The number of hydrogen-bond acceptors (Lipinski definition) is 4. The summed E-state index contributed by atoms with van der Waals surface area (Å²) < 4.78 is 0. The van der Waals surface area contributed by atoms with Crippen LogP contribution in [0.1, 0.15) is 37.7 Å². The number of carbonyl (C=O) groups is 1. The highest BCUT2D eigenvalue weighted by Gasteiger charge is 2.23. The first kappa shape index (κ1) is 13.9. The SMILES string of the molecule is O=C1CCc2cc([N+](=O)[O-])c(NCCC3CCC3)cc2N1. The highest BCUT2D eigenvalue weighted by atomic mass is 16.6. The molecule has 1 aromatic carbocycles. The molecule has 1 aliphatic heterocycles. The molecule has 1 saturated carbocycles. The summed E-state index contributed by atoms with van der Waals surface area (Å²) in [6, 6.07) is 3.28. The van der Waals surface area contributed by atoms with E-state index >= 15 is 0 Å². The molecule has 1 amide bonds. The van der Waals surface area contributed by atoms with Gasteiger partial charge < -0.3 is 10.6 Å².